The molecule has 0 spiro atoms. The first-order chi connectivity index (χ1) is 11.8. The number of morpholine rings is 1. The number of thiophene rings is 1. The molecule has 4 rings (SSSR count). The minimum absolute atomic E-state index is 0.797. The van der Waals surface area contributed by atoms with E-state index in [1.54, 1.807) is 17.7 Å². The van der Waals surface area contributed by atoms with E-state index in [0.717, 1.165) is 48.9 Å². The Kier molecular flexibility index (Phi) is 4.32. The lowest BCUT2D eigenvalue weighted by Crippen LogP contribution is -2.37. The lowest BCUT2D eigenvalue weighted by atomic mass is 10.1. The Morgan fingerprint density at radius 2 is 2.00 bits per heavy atom. The van der Waals surface area contributed by atoms with Crippen molar-refractivity contribution in [2.24, 2.45) is 0 Å². The number of nitrogens with zero attached hydrogens (tertiary/aromatic N) is 4. The van der Waals surface area contributed by atoms with Crippen LogP contribution >= 0.6 is 11.3 Å². The molecule has 24 heavy (non-hydrogen) atoms. The first kappa shape index (κ1) is 15.4. The molecule has 5 nitrogen and oxygen atoms in total. The maximum atomic E-state index is 5.48. The van der Waals surface area contributed by atoms with Gasteiger partial charge >= 0.3 is 0 Å². The number of benzene rings is 1. The van der Waals surface area contributed by atoms with Gasteiger partial charge in [0.05, 0.1) is 18.6 Å². The summed E-state index contributed by atoms with van der Waals surface area (Å²) < 4.78 is 5.48. The van der Waals surface area contributed by atoms with E-state index in [1.807, 2.05) is 0 Å². The Morgan fingerprint density at radius 1 is 1.17 bits per heavy atom. The summed E-state index contributed by atoms with van der Waals surface area (Å²) in [6, 6.07) is 10.7. The summed E-state index contributed by atoms with van der Waals surface area (Å²) in [5, 5.41) is 3.19. The molecule has 0 amide bonds. The van der Waals surface area contributed by atoms with Gasteiger partial charge in [0.15, 0.2) is 0 Å². The van der Waals surface area contributed by atoms with Gasteiger partial charge in [-0.15, -0.1) is 11.3 Å². The Morgan fingerprint density at radius 3 is 2.88 bits per heavy atom. The molecule has 0 aliphatic carbocycles. The number of ether oxygens (including phenoxy) is 1. The van der Waals surface area contributed by atoms with Gasteiger partial charge in [-0.05, 0) is 23.1 Å². The maximum absolute atomic E-state index is 5.48. The van der Waals surface area contributed by atoms with E-state index in [2.05, 4.69) is 62.5 Å². The van der Waals surface area contributed by atoms with E-state index in [9.17, 15) is 0 Å². The fourth-order valence-electron chi connectivity index (χ4n) is 3.17. The summed E-state index contributed by atoms with van der Waals surface area (Å²) >= 11 is 1.65. The standard InChI is InChI=1S/C18H20N4OS/c1-21(17-15-6-11-24-18(15)20-13-19-17)12-14-4-2-3-5-16(14)22-7-9-23-10-8-22/h2-6,11,13H,7-10,12H2,1H3. The van der Waals surface area contributed by atoms with Crippen LogP contribution < -0.4 is 9.80 Å². The molecular weight excluding hydrogens is 320 g/mol. The second kappa shape index (κ2) is 6.75. The fraction of sp³-hybridized carbons (Fsp3) is 0.333. The van der Waals surface area contributed by atoms with E-state index in [-0.39, 0.29) is 0 Å². The minimum Gasteiger partial charge on any atom is -0.378 e. The minimum atomic E-state index is 0.797. The van der Waals surface area contributed by atoms with Crippen molar-refractivity contribution in [2.75, 3.05) is 43.2 Å². The van der Waals surface area contributed by atoms with Crippen LogP contribution in [0.4, 0.5) is 11.5 Å². The summed E-state index contributed by atoms with van der Waals surface area (Å²) in [5.74, 6) is 0.984. The highest BCUT2D eigenvalue weighted by Gasteiger charge is 2.16. The van der Waals surface area contributed by atoms with Crippen LogP contribution in [0.1, 0.15) is 5.56 Å². The monoisotopic (exact) mass is 340 g/mol. The summed E-state index contributed by atoms with van der Waals surface area (Å²) in [5.41, 5.74) is 2.60. The Balaban J connectivity index is 1.62. The third kappa shape index (κ3) is 2.95. The zero-order valence-corrected chi connectivity index (χ0v) is 14.5. The summed E-state index contributed by atoms with van der Waals surface area (Å²) in [4.78, 5) is 14.5. The second-order valence-corrected chi connectivity index (χ2v) is 6.82. The Labute approximate surface area is 145 Å². The van der Waals surface area contributed by atoms with Gasteiger partial charge in [0.1, 0.15) is 17.0 Å². The van der Waals surface area contributed by atoms with Crippen molar-refractivity contribution < 1.29 is 4.74 Å². The van der Waals surface area contributed by atoms with Gasteiger partial charge in [-0.3, -0.25) is 0 Å². The van der Waals surface area contributed by atoms with Crippen LogP contribution in [0.25, 0.3) is 10.2 Å². The van der Waals surface area contributed by atoms with E-state index in [1.165, 1.54) is 11.3 Å². The van der Waals surface area contributed by atoms with E-state index < -0.39 is 0 Å². The van der Waals surface area contributed by atoms with Crippen LogP contribution in [0.2, 0.25) is 0 Å². The number of anilines is 2. The Bertz CT molecular complexity index is 829. The fourth-order valence-corrected chi connectivity index (χ4v) is 3.90. The van der Waals surface area contributed by atoms with Crippen molar-refractivity contribution in [1.82, 2.24) is 9.97 Å². The highest BCUT2D eigenvalue weighted by atomic mass is 32.1. The molecule has 1 aliphatic heterocycles. The van der Waals surface area contributed by atoms with Crippen molar-refractivity contribution in [2.45, 2.75) is 6.54 Å². The first-order valence-corrected chi connectivity index (χ1v) is 9.01. The van der Waals surface area contributed by atoms with Gasteiger partial charge in [0, 0.05) is 32.4 Å². The first-order valence-electron chi connectivity index (χ1n) is 8.13. The molecule has 3 heterocycles. The number of hydrogen-bond donors (Lipinski definition) is 0. The molecule has 1 aromatic carbocycles. The molecule has 1 fully saturated rings. The zero-order chi connectivity index (χ0) is 16.4. The molecule has 0 N–H and O–H groups in total. The van der Waals surface area contributed by atoms with E-state index in [4.69, 9.17) is 4.74 Å². The van der Waals surface area contributed by atoms with Gasteiger partial charge in [0.2, 0.25) is 0 Å². The van der Waals surface area contributed by atoms with Crippen LogP contribution in [0, 0.1) is 0 Å². The second-order valence-electron chi connectivity index (χ2n) is 5.92. The average molecular weight is 340 g/mol. The zero-order valence-electron chi connectivity index (χ0n) is 13.7. The number of rotatable bonds is 4. The van der Waals surface area contributed by atoms with Gasteiger partial charge < -0.3 is 14.5 Å². The highest BCUT2D eigenvalue weighted by Crippen LogP contribution is 2.29. The number of aromatic nitrogens is 2. The maximum Gasteiger partial charge on any atom is 0.140 e. The molecule has 0 unspecified atom stereocenters. The lowest BCUT2D eigenvalue weighted by molar-refractivity contribution is 0.122. The van der Waals surface area contributed by atoms with Crippen molar-refractivity contribution in [3.05, 3.63) is 47.6 Å². The van der Waals surface area contributed by atoms with Gasteiger partial charge in [-0.2, -0.15) is 0 Å². The van der Waals surface area contributed by atoms with Crippen LogP contribution in [0.3, 0.4) is 0 Å². The van der Waals surface area contributed by atoms with Crippen molar-refractivity contribution in [1.29, 1.82) is 0 Å². The van der Waals surface area contributed by atoms with Crippen LogP contribution in [-0.2, 0) is 11.3 Å². The number of hydrogen-bond acceptors (Lipinski definition) is 6. The van der Waals surface area contributed by atoms with E-state index >= 15 is 0 Å². The molecule has 0 radical (unpaired) electrons. The predicted octanol–water partition coefficient (Wildman–Crippen LogP) is 3.16. The van der Waals surface area contributed by atoms with Crippen LogP contribution in [0.5, 0.6) is 0 Å². The summed E-state index contributed by atoms with van der Waals surface area (Å²) in [7, 11) is 2.09. The number of fused-ring (bicyclic) bond motifs is 1. The SMILES string of the molecule is CN(Cc1ccccc1N1CCOCC1)c1ncnc2sccc12. The topological polar surface area (TPSA) is 41.5 Å². The van der Waals surface area contributed by atoms with Gasteiger partial charge in [-0.1, -0.05) is 18.2 Å². The van der Waals surface area contributed by atoms with Gasteiger partial charge in [0.25, 0.3) is 0 Å². The largest absolute Gasteiger partial charge is 0.378 e. The number of para-hydroxylation sites is 1. The van der Waals surface area contributed by atoms with Gasteiger partial charge in [-0.25, -0.2) is 9.97 Å². The summed E-state index contributed by atoms with van der Waals surface area (Å²) in [6.45, 7) is 4.30. The van der Waals surface area contributed by atoms with Crippen LogP contribution in [-0.4, -0.2) is 43.3 Å². The molecular formula is C18H20N4OS. The summed E-state index contributed by atoms with van der Waals surface area (Å²) in [6.07, 6.45) is 1.65. The third-order valence-corrected chi connectivity index (χ3v) is 5.17. The van der Waals surface area contributed by atoms with E-state index in [0.29, 0.717) is 0 Å². The quantitative estimate of drug-likeness (QED) is 0.730. The van der Waals surface area contributed by atoms with Crippen molar-refractivity contribution in [3.63, 3.8) is 0 Å². The van der Waals surface area contributed by atoms with Crippen molar-refractivity contribution in [3.8, 4) is 0 Å². The normalized spacial score (nSPS) is 15.0. The molecule has 1 aliphatic rings. The molecule has 124 valence electrons. The molecule has 3 aromatic rings. The molecule has 6 heteroatoms. The third-order valence-electron chi connectivity index (χ3n) is 4.35. The molecule has 0 saturated carbocycles. The molecule has 2 aromatic heterocycles. The highest BCUT2D eigenvalue weighted by molar-refractivity contribution is 7.16. The molecule has 0 bridgehead atoms. The molecule has 0 atom stereocenters. The lowest BCUT2D eigenvalue weighted by Gasteiger charge is -2.31. The Hall–Kier alpha value is -2.18. The molecule has 1 saturated heterocycles. The average Bonchev–Trinajstić information content (AvgIpc) is 3.11. The van der Waals surface area contributed by atoms with Crippen molar-refractivity contribution >= 4 is 33.1 Å². The van der Waals surface area contributed by atoms with Crippen LogP contribution in [0.15, 0.2) is 42.0 Å². The predicted molar refractivity (Wildman–Crippen MR) is 99.0 cm³/mol. The smallest absolute Gasteiger partial charge is 0.140 e.